The smallest absolute Gasteiger partial charge is 0.269 e. The molecule has 0 amide bonds. The highest BCUT2D eigenvalue weighted by Crippen LogP contribution is 2.33. The Bertz CT molecular complexity index is 672. The van der Waals surface area contributed by atoms with Gasteiger partial charge in [0, 0.05) is 23.7 Å². The Hall–Kier alpha value is -2.40. The Morgan fingerprint density at radius 1 is 1.29 bits per heavy atom. The molecule has 0 fully saturated rings. The maximum absolute atomic E-state index is 10.8. The van der Waals surface area contributed by atoms with Gasteiger partial charge in [-0.1, -0.05) is 30.3 Å². The Kier molecular flexibility index (Phi) is 3.58. The standard InChI is InChI=1S/C16H16N2O3/c1-11(12-5-4-6-13(9-12)18(19)20)17-15-10-21-16-8-3-2-7-14(15)16/h2-9,11,15,17H,10H2,1H3. The molecule has 5 heteroatoms. The summed E-state index contributed by atoms with van der Waals surface area (Å²) >= 11 is 0. The summed E-state index contributed by atoms with van der Waals surface area (Å²) in [5.41, 5.74) is 2.15. The molecule has 0 aromatic heterocycles. The van der Waals surface area contributed by atoms with Gasteiger partial charge in [0.2, 0.25) is 0 Å². The number of nitrogens with one attached hydrogen (secondary N) is 1. The summed E-state index contributed by atoms with van der Waals surface area (Å²) < 4.78 is 5.64. The SMILES string of the molecule is CC(NC1COc2ccccc21)c1cccc([N+](=O)[O-])c1. The van der Waals surface area contributed by atoms with E-state index in [2.05, 4.69) is 5.32 Å². The van der Waals surface area contributed by atoms with Crippen molar-refractivity contribution >= 4 is 5.69 Å². The molecule has 0 radical (unpaired) electrons. The number of rotatable bonds is 4. The summed E-state index contributed by atoms with van der Waals surface area (Å²) in [4.78, 5) is 10.5. The van der Waals surface area contributed by atoms with Crippen molar-refractivity contribution in [1.82, 2.24) is 5.32 Å². The van der Waals surface area contributed by atoms with Crippen molar-refractivity contribution in [2.75, 3.05) is 6.61 Å². The predicted molar refractivity (Wildman–Crippen MR) is 79.3 cm³/mol. The van der Waals surface area contributed by atoms with E-state index < -0.39 is 0 Å². The fraction of sp³-hybridized carbons (Fsp3) is 0.250. The van der Waals surface area contributed by atoms with Crippen LogP contribution in [0.2, 0.25) is 0 Å². The van der Waals surface area contributed by atoms with E-state index in [1.807, 2.05) is 37.3 Å². The average Bonchev–Trinajstić information content (AvgIpc) is 2.91. The minimum atomic E-state index is -0.371. The zero-order chi connectivity index (χ0) is 14.8. The highest BCUT2D eigenvalue weighted by molar-refractivity contribution is 5.40. The van der Waals surface area contributed by atoms with Crippen LogP contribution in [0.4, 0.5) is 5.69 Å². The van der Waals surface area contributed by atoms with E-state index in [0.29, 0.717) is 6.61 Å². The molecule has 2 aromatic carbocycles. The van der Waals surface area contributed by atoms with Crippen molar-refractivity contribution in [2.45, 2.75) is 19.0 Å². The third kappa shape index (κ3) is 2.73. The van der Waals surface area contributed by atoms with Gasteiger partial charge >= 0.3 is 0 Å². The van der Waals surface area contributed by atoms with Gasteiger partial charge in [-0.15, -0.1) is 0 Å². The van der Waals surface area contributed by atoms with Gasteiger partial charge in [0.1, 0.15) is 12.4 Å². The molecule has 1 N–H and O–H groups in total. The van der Waals surface area contributed by atoms with Crippen molar-refractivity contribution in [3.8, 4) is 5.75 Å². The Morgan fingerprint density at radius 3 is 2.90 bits per heavy atom. The highest BCUT2D eigenvalue weighted by Gasteiger charge is 2.25. The number of nitro groups is 1. The molecule has 2 atom stereocenters. The molecular formula is C16H16N2O3. The molecule has 0 bridgehead atoms. The largest absolute Gasteiger partial charge is 0.491 e. The van der Waals surface area contributed by atoms with E-state index in [0.717, 1.165) is 16.9 Å². The third-order valence-corrected chi connectivity index (χ3v) is 3.73. The van der Waals surface area contributed by atoms with Gasteiger partial charge in [0.05, 0.1) is 11.0 Å². The van der Waals surface area contributed by atoms with E-state index >= 15 is 0 Å². The van der Waals surface area contributed by atoms with Crippen LogP contribution in [0.25, 0.3) is 0 Å². The third-order valence-electron chi connectivity index (χ3n) is 3.73. The molecule has 1 aliphatic rings. The quantitative estimate of drug-likeness (QED) is 0.690. The van der Waals surface area contributed by atoms with Crippen molar-refractivity contribution in [1.29, 1.82) is 0 Å². The first-order valence-electron chi connectivity index (χ1n) is 6.87. The average molecular weight is 284 g/mol. The van der Waals surface area contributed by atoms with Crippen LogP contribution in [-0.2, 0) is 0 Å². The van der Waals surface area contributed by atoms with Gasteiger partial charge in [-0.25, -0.2) is 0 Å². The number of nitro benzene ring substituents is 1. The molecule has 0 saturated heterocycles. The summed E-state index contributed by atoms with van der Waals surface area (Å²) in [6, 6.07) is 14.8. The number of para-hydroxylation sites is 1. The number of fused-ring (bicyclic) bond motifs is 1. The van der Waals surface area contributed by atoms with E-state index in [4.69, 9.17) is 4.74 Å². The minimum Gasteiger partial charge on any atom is -0.491 e. The zero-order valence-corrected chi connectivity index (χ0v) is 11.7. The lowest BCUT2D eigenvalue weighted by molar-refractivity contribution is -0.384. The van der Waals surface area contributed by atoms with Crippen LogP contribution in [0.3, 0.4) is 0 Å². The van der Waals surface area contributed by atoms with Crippen LogP contribution in [0, 0.1) is 10.1 Å². The Balaban J connectivity index is 1.77. The summed E-state index contributed by atoms with van der Waals surface area (Å²) in [7, 11) is 0. The zero-order valence-electron chi connectivity index (χ0n) is 11.7. The molecule has 108 valence electrons. The van der Waals surface area contributed by atoms with E-state index in [1.54, 1.807) is 12.1 Å². The van der Waals surface area contributed by atoms with Crippen molar-refractivity contribution < 1.29 is 9.66 Å². The van der Waals surface area contributed by atoms with Crippen LogP contribution in [0.5, 0.6) is 5.75 Å². The number of non-ortho nitro benzene ring substituents is 1. The number of ether oxygens (including phenoxy) is 1. The Labute approximate surface area is 122 Å². The first kappa shape index (κ1) is 13.6. The molecule has 5 nitrogen and oxygen atoms in total. The topological polar surface area (TPSA) is 64.4 Å². The van der Waals surface area contributed by atoms with E-state index in [-0.39, 0.29) is 22.7 Å². The van der Waals surface area contributed by atoms with Crippen LogP contribution < -0.4 is 10.1 Å². The molecule has 2 unspecified atom stereocenters. The monoisotopic (exact) mass is 284 g/mol. The fourth-order valence-corrected chi connectivity index (χ4v) is 2.61. The molecular weight excluding hydrogens is 268 g/mol. The Morgan fingerprint density at radius 2 is 2.10 bits per heavy atom. The number of hydrogen-bond donors (Lipinski definition) is 1. The van der Waals surface area contributed by atoms with Crippen molar-refractivity contribution in [3.05, 3.63) is 69.8 Å². The molecule has 21 heavy (non-hydrogen) atoms. The van der Waals surface area contributed by atoms with Crippen LogP contribution in [0.15, 0.2) is 48.5 Å². The normalized spacial score (nSPS) is 17.9. The molecule has 3 rings (SSSR count). The van der Waals surface area contributed by atoms with Gasteiger partial charge in [0.25, 0.3) is 5.69 Å². The first-order valence-corrected chi connectivity index (χ1v) is 6.87. The summed E-state index contributed by atoms with van der Waals surface area (Å²) in [6.45, 7) is 2.58. The second-order valence-corrected chi connectivity index (χ2v) is 5.14. The molecule has 0 spiro atoms. The number of nitrogens with zero attached hydrogens (tertiary/aromatic N) is 1. The lowest BCUT2D eigenvalue weighted by Crippen LogP contribution is -2.25. The number of benzene rings is 2. The van der Waals surface area contributed by atoms with Gasteiger partial charge in [-0.3, -0.25) is 10.1 Å². The lowest BCUT2D eigenvalue weighted by Gasteiger charge is -2.19. The van der Waals surface area contributed by atoms with Crippen LogP contribution in [-0.4, -0.2) is 11.5 Å². The molecule has 1 heterocycles. The van der Waals surface area contributed by atoms with E-state index in [9.17, 15) is 10.1 Å². The first-order chi connectivity index (χ1) is 10.1. The van der Waals surface area contributed by atoms with E-state index in [1.165, 1.54) is 6.07 Å². The molecule has 2 aromatic rings. The molecule has 0 aliphatic carbocycles. The van der Waals surface area contributed by atoms with Gasteiger partial charge in [-0.2, -0.15) is 0 Å². The fourth-order valence-electron chi connectivity index (χ4n) is 2.61. The summed E-state index contributed by atoms with van der Waals surface area (Å²) in [6.07, 6.45) is 0. The van der Waals surface area contributed by atoms with Crippen molar-refractivity contribution in [2.24, 2.45) is 0 Å². The maximum Gasteiger partial charge on any atom is 0.269 e. The van der Waals surface area contributed by atoms with Gasteiger partial charge in [-0.05, 0) is 18.6 Å². The van der Waals surface area contributed by atoms with Crippen LogP contribution >= 0.6 is 0 Å². The number of hydrogen-bond acceptors (Lipinski definition) is 4. The van der Waals surface area contributed by atoms with Crippen LogP contribution in [0.1, 0.15) is 30.1 Å². The highest BCUT2D eigenvalue weighted by atomic mass is 16.6. The maximum atomic E-state index is 10.8. The lowest BCUT2D eigenvalue weighted by atomic mass is 10.0. The van der Waals surface area contributed by atoms with Crippen molar-refractivity contribution in [3.63, 3.8) is 0 Å². The molecule has 1 aliphatic heterocycles. The van der Waals surface area contributed by atoms with Gasteiger partial charge < -0.3 is 10.1 Å². The predicted octanol–water partition coefficient (Wildman–Crippen LogP) is 3.38. The van der Waals surface area contributed by atoms with Gasteiger partial charge in [0.15, 0.2) is 0 Å². The summed E-state index contributed by atoms with van der Waals surface area (Å²) in [5, 5.41) is 14.3. The second kappa shape index (κ2) is 5.54. The molecule has 0 saturated carbocycles. The minimum absolute atomic E-state index is 0.00431. The second-order valence-electron chi connectivity index (χ2n) is 5.14. The summed E-state index contributed by atoms with van der Waals surface area (Å²) in [5.74, 6) is 0.904.